The summed E-state index contributed by atoms with van der Waals surface area (Å²) in [5.41, 5.74) is 4.82. The number of primary amides is 1. The van der Waals surface area contributed by atoms with Crippen molar-refractivity contribution in [3.05, 3.63) is 10.2 Å². The van der Waals surface area contributed by atoms with E-state index in [1.54, 1.807) is 0 Å². The Morgan fingerprint density at radius 3 is 2.55 bits per heavy atom. The van der Waals surface area contributed by atoms with E-state index in [1.165, 1.54) is 0 Å². The number of nitrogens with two attached hydrogens (primary N) is 1. The first-order valence-electron chi connectivity index (χ1n) is 3.56. The van der Waals surface area contributed by atoms with Crippen LogP contribution in [-0.4, -0.2) is 5.91 Å². The molecule has 0 aromatic heterocycles. The number of rotatable bonds is 4. The molecule has 0 atom stereocenters. The molecule has 11 heavy (non-hydrogen) atoms. The molecule has 1 amide bonds. The molecule has 3 heteroatoms. The molecule has 64 valence electrons. The highest BCUT2D eigenvalue weighted by atomic mass is 127. The van der Waals surface area contributed by atoms with Crippen LogP contribution < -0.4 is 5.73 Å². The molecule has 0 bridgehead atoms. The van der Waals surface area contributed by atoms with Gasteiger partial charge in [-0.15, -0.1) is 0 Å². The number of hydrogen-bond acceptors (Lipinski definition) is 1. The van der Waals surface area contributed by atoms with Crippen LogP contribution >= 0.6 is 22.6 Å². The number of halogens is 1. The Hall–Kier alpha value is -0.0600. The van der Waals surface area contributed by atoms with Crippen molar-refractivity contribution >= 4 is 28.5 Å². The average molecular weight is 267 g/mol. The van der Waals surface area contributed by atoms with Crippen molar-refractivity contribution in [2.75, 3.05) is 0 Å². The van der Waals surface area contributed by atoms with Gasteiger partial charge in [0.05, 0.1) is 0 Å². The Morgan fingerprint density at radius 2 is 2.18 bits per heavy atom. The van der Waals surface area contributed by atoms with Gasteiger partial charge in [0.1, 0.15) is 0 Å². The van der Waals surface area contributed by atoms with E-state index in [0.717, 1.165) is 12.8 Å². The lowest BCUT2D eigenvalue weighted by atomic mass is 9.87. The fourth-order valence-electron chi connectivity index (χ4n) is 0.630. The van der Waals surface area contributed by atoms with Gasteiger partial charge in [-0.05, 0) is 16.9 Å². The van der Waals surface area contributed by atoms with Crippen LogP contribution in [0, 0.1) is 5.41 Å². The third-order valence-electron chi connectivity index (χ3n) is 1.69. The number of hydrogen-bond donors (Lipinski definition) is 1. The van der Waals surface area contributed by atoms with Crippen LogP contribution in [0.4, 0.5) is 0 Å². The van der Waals surface area contributed by atoms with Gasteiger partial charge in [0, 0.05) is 5.41 Å². The summed E-state index contributed by atoms with van der Waals surface area (Å²) in [5.74, 6) is -0.223. The summed E-state index contributed by atoms with van der Waals surface area (Å²) in [6.07, 6.45) is 3.77. The fraction of sp³-hybridized carbons (Fsp3) is 0.625. The minimum atomic E-state index is -0.365. The fourth-order valence-corrected chi connectivity index (χ4v) is 0.990. The van der Waals surface area contributed by atoms with E-state index in [-0.39, 0.29) is 11.3 Å². The van der Waals surface area contributed by atoms with E-state index in [2.05, 4.69) is 22.6 Å². The minimum absolute atomic E-state index is 0.223. The Labute approximate surface area is 81.4 Å². The van der Waals surface area contributed by atoms with E-state index in [4.69, 9.17) is 5.73 Å². The lowest BCUT2D eigenvalue weighted by Crippen LogP contribution is -2.31. The van der Waals surface area contributed by atoms with Crippen LogP contribution in [0.2, 0.25) is 0 Å². The van der Waals surface area contributed by atoms with E-state index in [1.807, 2.05) is 24.0 Å². The zero-order chi connectivity index (χ0) is 8.91. The van der Waals surface area contributed by atoms with Gasteiger partial charge in [-0.3, -0.25) is 4.79 Å². The zero-order valence-electron chi connectivity index (χ0n) is 6.93. The maximum Gasteiger partial charge on any atom is 0.223 e. The first-order valence-corrected chi connectivity index (χ1v) is 4.80. The van der Waals surface area contributed by atoms with Gasteiger partial charge >= 0.3 is 0 Å². The largest absolute Gasteiger partial charge is 0.369 e. The van der Waals surface area contributed by atoms with E-state index >= 15 is 0 Å². The quantitative estimate of drug-likeness (QED) is 0.780. The number of carbonyl (C=O) groups excluding carboxylic acids is 1. The van der Waals surface area contributed by atoms with Crippen molar-refractivity contribution in [1.82, 2.24) is 0 Å². The predicted octanol–water partition coefficient (Wildman–Crippen LogP) is 2.23. The molecule has 2 N–H and O–H groups in total. The second-order valence-corrected chi connectivity index (χ2v) is 3.87. The first-order chi connectivity index (χ1) is 5.00. The Bertz CT molecular complexity index is 163. The monoisotopic (exact) mass is 267 g/mol. The van der Waals surface area contributed by atoms with Gasteiger partial charge in [0.15, 0.2) is 0 Å². The van der Waals surface area contributed by atoms with E-state index in [0.29, 0.717) is 0 Å². The predicted molar refractivity (Wildman–Crippen MR) is 55.4 cm³/mol. The molecule has 0 saturated carbocycles. The van der Waals surface area contributed by atoms with Crippen LogP contribution in [0.25, 0.3) is 0 Å². The molecular formula is C8H14INO. The van der Waals surface area contributed by atoms with Crippen LogP contribution in [0.1, 0.15) is 26.7 Å². The van der Waals surface area contributed by atoms with Gasteiger partial charge in [-0.2, -0.15) is 0 Å². The highest BCUT2D eigenvalue weighted by Gasteiger charge is 2.23. The molecule has 0 fully saturated rings. The highest BCUT2D eigenvalue weighted by molar-refractivity contribution is 14.1. The topological polar surface area (TPSA) is 43.1 Å². The molecule has 0 aliphatic heterocycles. The summed E-state index contributed by atoms with van der Waals surface area (Å²) in [6, 6.07) is 0. The second-order valence-electron chi connectivity index (χ2n) is 3.15. The van der Waals surface area contributed by atoms with Crippen molar-refractivity contribution in [3.8, 4) is 0 Å². The van der Waals surface area contributed by atoms with Crippen molar-refractivity contribution in [2.45, 2.75) is 26.7 Å². The third kappa shape index (κ3) is 4.40. The summed E-state index contributed by atoms with van der Waals surface area (Å²) in [5, 5.41) is 0. The average Bonchev–Trinajstić information content (AvgIpc) is 1.88. The molecule has 0 radical (unpaired) electrons. The van der Waals surface area contributed by atoms with Gasteiger partial charge in [0.25, 0.3) is 0 Å². The molecule has 0 rings (SSSR count). The molecule has 0 aromatic carbocycles. The van der Waals surface area contributed by atoms with Crippen molar-refractivity contribution < 1.29 is 4.79 Å². The first kappa shape index (κ1) is 10.9. The zero-order valence-corrected chi connectivity index (χ0v) is 9.09. The summed E-state index contributed by atoms with van der Waals surface area (Å²) >= 11 is 2.16. The maximum atomic E-state index is 10.8. The smallest absolute Gasteiger partial charge is 0.223 e. The van der Waals surface area contributed by atoms with Gasteiger partial charge in [-0.1, -0.05) is 42.5 Å². The molecular weight excluding hydrogens is 253 g/mol. The lowest BCUT2D eigenvalue weighted by molar-refractivity contribution is -0.126. The normalized spacial score (nSPS) is 12.3. The molecule has 0 saturated heterocycles. The molecule has 0 aromatic rings. The number of allylic oxidation sites excluding steroid dienone is 1. The SMILES string of the molecule is CC(C)(CC/C=C\I)C(N)=O. The molecule has 0 aliphatic carbocycles. The third-order valence-corrected chi connectivity index (χ3v) is 2.20. The van der Waals surface area contributed by atoms with Crippen molar-refractivity contribution in [2.24, 2.45) is 11.1 Å². The molecule has 0 heterocycles. The maximum absolute atomic E-state index is 10.8. The van der Waals surface area contributed by atoms with Gasteiger partial charge in [0.2, 0.25) is 5.91 Å². The lowest BCUT2D eigenvalue weighted by Gasteiger charge is -2.18. The van der Waals surface area contributed by atoms with Crippen molar-refractivity contribution in [1.29, 1.82) is 0 Å². The molecule has 0 unspecified atom stereocenters. The molecule has 2 nitrogen and oxygen atoms in total. The van der Waals surface area contributed by atoms with Crippen LogP contribution in [0.15, 0.2) is 10.2 Å². The minimum Gasteiger partial charge on any atom is -0.369 e. The summed E-state index contributed by atoms with van der Waals surface area (Å²) in [4.78, 5) is 10.8. The summed E-state index contributed by atoms with van der Waals surface area (Å²) in [7, 11) is 0. The van der Waals surface area contributed by atoms with Crippen LogP contribution in [-0.2, 0) is 4.79 Å². The Balaban J connectivity index is 3.82. The van der Waals surface area contributed by atoms with Gasteiger partial charge < -0.3 is 5.73 Å². The number of carbonyl (C=O) groups is 1. The summed E-state index contributed by atoms with van der Waals surface area (Å²) < 4.78 is 1.95. The standard InChI is InChI=1S/C8H14INO/c1-8(2,7(10)11)5-3-4-6-9/h4,6H,3,5H2,1-2H3,(H2,10,11)/b6-4-. The molecule has 0 aliphatic rings. The Morgan fingerprint density at radius 1 is 1.64 bits per heavy atom. The van der Waals surface area contributed by atoms with E-state index in [9.17, 15) is 4.79 Å². The second kappa shape index (κ2) is 4.74. The Kier molecular flexibility index (Phi) is 4.72. The highest BCUT2D eigenvalue weighted by Crippen LogP contribution is 2.21. The van der Waals surface area contributed by atoms with Crippen molar-refractivity contribution in [3.63, 3.8) is 0 Å². The van der Waals surface area contributed by atoms with Crippen LogP contribution in [0.5, 0.6) is 0 Å². The van der Waals surface area contributed by atoms with Crippen LogP contribution in [0.3, 0.4) is 0 Å². The van der Waals surface area contributed by atoms with Gasteiger partial charge in [-0.25, -0.2) is 0 Å². The van der Waals surface area contributed by atoms with E-state index < -0.39 is 0 Å². The number of amides is 1. The summed E-state index contributed by atoms with van der Waals surface area (Å²) in [6.45, 7) is 3.74. The molecule has 0 spiro atoms.